The van der Waals surface area contributed by atoms with Crippen LogP contribution in [0.2, 0.25) is 0 Å². The second kappa shape index (κ2) is 2.84. The lowest BCUT2D eigenvalue weighted by atomic mass is 10.3. The van der Waals surface area contributed by atoms with Gasteiger partial charge in [0.15, 0.2) is 0 Å². The van der Waals surface area contributed by atoms with Crippen LogP contribution >= 0.6 is 11.3 Å². The van der Waals surface area contributed by atoms with Crippen molar-refractivity contribution in [1.29, 1.82) is 0 Å². The van der Waals surface area contributed by atoms with Crippen LogP contribution < -0.4 is 5.73 Å². The van der Waals surface area contributed by atoms with Crippen LogP contribution in [0.25, 0.3) is 0 Å². The molecule has 0 saturated carbocycles. The molecule has 1 aromatic heterocycles. The molecule has 0 aromatic carbocycles. The molecule has 0 fully saturated rings. The number of nitrogens with two attached hydrogens (primary N) is 1. The molecular formula is C7H10N2S. The van der Waals surface area contributed by atoms with Crippen molar-refractivity contribution in [2.45, 2.75) is 6.92 Å². The summed E-state index contributed by atoms with van der Waals surface area (Å²) < 4.78 is 0. The average molecular weight is 154 g/mol. The van der Waals surface area contributed by atoms with Gasteiger partial charge in [0.1, 0.15) is 0 Å². The number of thiophene rings is 1. The van der Waals surface area contributed by atoms with Gasteiger partial charge in [0, 0.05) is 7.05 Å². The second-order valence-corrected chi connectivity index (χ2v) is 2.93. The summed E-state index contributed by atoms with van der Waals surface area (Å²) in [6.07, 6.45) is 0. The Morgan fingerprint density at radius 1 is 1.70 bits per heavy atom. The van der Waals surface area contributed by atoms with Crippen molar-refractivity contribution in [3.8, 4) is 0 Å². The topological polar surface area (TPSA) is 38.4 Å². The van der Waals surface area contributed by atoms with Crippen molar-refractivity contribution >= 4 is 22.7 Å². The Morgan fingerprint density at radius 3 is 2.80 bits per heavy atom. The molecule has 2 nitrogen and oxygen atoms in total. The Labute approximate surface area is 64.4 Å². The number of hydrogen-bond acceptors (Lipinski definition) is 3. The van der Waals surface area contributed by atoms with Crippen molar-refractivity contribution in [1.82, 2.24) is 0 Å². The van der Waals surface area contributed by atoms with Gasteiger partial charge in [-0.15, -0.1) is 11.3 Å². The molecule has 0 aliphatic rings. The highest BCUT2D eigenvalue weighted by molar-refractivity contribution is 7.12. The Bertz CT molecular complexity index is 250. The number of nitrogen functional groups attached to an aromatic ring is 1. The first kappa shape index (κ1) is 7.28. The van der Waals surface area contributed by atoms with Crippen LogP contribution in [0.3, 0.4) is 0 Å². The SMILES string of the molecule is CN=C(C)c1sccc1N. The van der Waals surface area contributed by atoms with Gasteiger partial charge < -0.3 is 5.73 Å². The lowest BCUT2D eigenvalue weighted by Crippen LogP contribution is -1.94. The second-order valence-electron chi connectivity index (χ2n) is 2.01. The molecule has 0 saturated heterocycles. The maximum atomic E-state index is 5.65. The van der Waals surface area contributed by atoms with Crippen molar-refractivity contribution < 1.29 is 0 Å². The fraction of sp³-hybridized carbons (Fsp3) is 0.286. The minimum absolute atomic E-state index is 0.827. The molecule has 54 valence electrons. The van der Waals surface area contributed by atoms with Crippen molar-refractivity contribution in [3.63, 3.8) is 0 Å². The molecule has 0 radical (unpaired) electrons. The standard InChI is InChI=1S/C7H10N2S/c1-5(9-2)7-6(8)3-4-10-7/h3-4H,8H2,1-2H3. The molecule has 1 aromatic rings. The monoisotopic (exact) mass is 154 g/mol. The predicted molar refractivity (Wildman–Crippen MR) is 46.9 cm³/mol. The zero-order valence-electron chi connectivity index (χ0n) is 6.09. The molecule has 2 N–H and O–H groups in total. The van der Waals surface area contributed by atoms with E-state index < -0.39 is 0 Å². The highest BCUT2D eigenvalue weighted by Crippen LogP contribution is 2.19. The van der Waals surface area contributed by atoms with Crippen LogP contribution in [0, 0.1) is 0 Å². The van der Waals surface area contributed by atoms with Gasteiger partial charge in [0.25, 0.3) is 0 Å². The summed E-state index contributed by atoms with van der Waals surface area (Å²) in [7, 11) is 1.77. The molecule has 0 spiro atoms. The maximum absolute atomic E-state index is 5.65. The molecule has 10 heavy (non-hydrogen) atoms. The summed E-state index contributed by atoms with van der Waals surface area (Å²) >= 11 is 1.63. The summed E-state index contributed by atoms with van der Waals surface area (Å²) in [5.41, 5.74) is 7.48. The fourth-order valence-electron chi connectivity index (χ4n) is 0.715. The molecular weight excluding hydrogens is 144 g/mol. The molecule has 1 rings (SSSR count). The highest BCUT2D eigenvalue weighted by atomic mass is 32.1. The third-order valence-electron chi connectivity index (χ3n) is 1.36. The third kappa shape index (κ3) is 1.19. The zero-order chi connectivity index (χ0) is 7.56. The minimum atomic E-state index is 0.827. The smallest absolute Gasteiger partial charge is 0.0707 e. The molecule has 0 atom stereocenters. The first-order valence-corrected chi connectivity index (χ1v) is 3.90. The predicted octanol–water partition coefficient (Wildman–Crippen LogP) is 1.77. The van der Waals surface area contributed by atoms with E-state index in [0.29, 0.717) is 0 Å². The van der Waals surface area contributed by atoms with E-state index in [1.807, 2.05) is 18.4 Å². The number of aliphatic imine (C=N–C) groups is 1. The first-order valence-electron chi connectivity index (χ1n) is 3.02. The lowest BCUT2D eigenvalue weighted by Gasteiger charge is -1.94. The van der Waals surface area contributed by atoms with Crippen LogP contribution in [0.15, 0.2) is 16.4 Å². The van der Waals surface area contributed by atoms with Gasteiger partial charge in [-0.2, -0.15) is 0 Å². The fourth-order valence-corrected chi connectivity index (χ4v) is 1.53. The molecule has 0 bridgehead atoms. The Morgan fingerprint density at radius 2 is 2.40 bits per heavy atom. The largest absolute Gasteiger partial charge is 0.398 e. The van der Waals surface area contributed by atoms with Gasteiger partial charge in [-0.05, 0) is 18.4 Å². The van der Waals surface area contributed by atoms with Crippen molar-refractivity contribution in [2.24, 2.45) is 4.99 Å². The lowest BCUT2D eigenvalue weighted by molar-refractivity contribution is 1.43. The van der Waals surface area contributed by atoms with Gasteiger partial charge in [-0.25, -0.2) is 0 Å². The van der Waals surface area contributed by atoms with E-state index in [1.54, 1.807) is 18.4 Å². The molecule has 3 heteroatoms. The van der Waals surface area contributed by atoms with E-state index in [1.165, 1.54) is 0 Å². The first-order chi connectivity index (χ1) is 4.75. The summed E-state index contributed by atoms with van der Waals surface area (Å²) in [4.78, 5) is 5.12. The molecule has 0 aliphatic heterocycles. The summed E-state index contributed by atoms with van der Waals surface area (Å²) in [5, 5.41) is 1.97. The number of anilines is 1. The molecule has 1 heterocycles. The Balaban J connectivity index is 3.05. The summed E-state index contributed by atoms with van der Waals surface area (Å²) in [6, 6.07) is 1.90. The zero-order valence-corrected chi connectivity index (χ0v) is 6.90. The number of rotatable bonds is 1. The van der Waals surface area contributed by atoms with E-state index in [2.05, 4.69) is 4.99 Å². The summed E-state index contributed by atoms with van der Waals surface area (Å²) in [5.74, 6) is 0. The quantitative estimate of drug-likeness (QED) is 0.615. The Hall–Kier alpha value is -0.830. The molecule has 0 amide bonds. The van der Waals surface area contributed by atoms with Gasteiger partial charge in [-0.3, -0.25) is 4.99 Å². The Kier molecular flexibility index (Phi) is 2.06. The van der Waals surface area contributed by atoms with Gasteiger partial charge in [0.2, 0.25) is 0 Å². The van der Waals surface area contributed by atoms with Gasteiger partial charge >= 0.3 is 0 Å². The van der Waals surface area contributed by atoms with E-state index in [4.69, 9.17) is 5.73 Å². The number of nitrogens with zero attached hydrogens (tertiary/aromatic N) is 1. The molecule has 0 unspecified atom stereocenters. The van der Waals surface area contributed by atoms with Crippen LogP contribution in [0.4, 0.5) is 5.69 Å². The van der Waals surface area contributed by atoms with Crippen LogP contribution in [-0.2, 0) is 0 Å². The minimum Gasteiger partial charge on any atom is -0.398 e. The van der Waals surface area contributed by atoms with E-state index in [0.717, 1.165) is 16.3 Å². The summed E-state index contributed by atoms with van der Waals surface area (Å²) in [6.45, 7) is 1.96. The van der Waals surface area contributed by atoms with Gasteiger partial charge in [-0.1, -0.05) is 0 Å². The number of hydrogen-bond donors (Lipinski definition) is 1. The van der Waals surface area contributed by atoms with Crippen LogP contribution in [0.5, 0.6) is 0 Å². The molecule has 0 aliphatic carbocycles. The van der Waals surface area contributed by atoms with E-state index in [-0.39, 0.29) is 0 Å². The highest BCUT2D eigenvalue weighted by Gasteiger charge is 2.01. The van der Waals surface area contributed by atoms with Crippen LogP contribution in [-0.4, -0.2) is 12.8 Å². The van der Waals surface area contributed by atoms with E-state index in [9.17, 15) is 0 Å². The van der Waals surface area contributed by atoms with Crippen molar-refractivity contribution in [3.05, 3.63) is 16.3 Å². The average Bonchev–Trinajstić information content (AvgIpc) is 2.34. The third-order valence-corrected chi connectivity index (χ3v) is 2.40. The normalized spacial score (nSPS) is 12.0. The van der Waals surface area contributed by atoms with Gasteiger partial charge in [0.05, 0.1) is 16.3 Å². The van der Waals surface area contributed by atoms with Crippen LogP contribution in [0.1, 0.15) is 11.8 Å². The van der Waals surface area contributed by atoms with E-state index >= 15 is 0 Å². The van der Waals surface area contributed by atoms with Crippen molar-refractivity contribution in [2.75, 3.05) is 12.8 Å². The maximum Gasteiger partial charge on any atom is 0.0707 e.